The number of aliphatic carboxylic acids is 1. The van der Waals surface area contributed by atoms with E-state index >= 15 is 0 Å². The van der Waals surface area contributed by atoms with Gasteiger partial charge in [-0.05, 0) is 36.8 Å². The number of hydrogen-bond donors (Lipinski definition) is 1. The largest absolute Gasteiger partial charge is 0.481 e. The molecule has 0 radical (unpaired) electrons. The van der Waals surface area contributed by atoms with Crippen molar-refractivity contribution in [2.45, 2.75) is 39.0 Å². The summed E-state index contributed by atoms with van der Waals surface area (Å²) in [5, 5.41) is 8.90. The zero-order chi connectivity index (χ0) is 18.7. The van der Waals surface area contributed by atoms with Gasteiger partial charge in [-0.25, -0.2) is 0 Å². The Morgan fingerprint density at radius 1 is 1.19 bits per heavy atom. The molecule has 0 spiro atoms. The van der Waals surface area contributed by atoms with Crippen molar-refractivity contribution in [1.82, 2.24) is 4.90 Å². The lowest BCUT2D eigenvalue weighted by Gasteiger charge is -2.33. The van der Waals surface area contributed by atoms with Crippen LogP contribution in [0.25, 0.3) is 0 Å². The van der Waals surface area contributed by atoms with Crippen LogP contribution < -0.4 is 4.90 Å². The predicted octanol–water partition coefficient (Wildman–Crippen LogP) is 2.32. The summed E-state index contributed by atoms with van der Waals surface area (Å²) in [7, 11) is 0. The highest BCUT2D eigenvalue weighted by Gasteiger charge is 2.38. The first-order valence-electron chi connectivity index (χ1n) is 9.38. The van der Waals surface area contributed by atoms with Crippen LogP contribution in [0.4, 0.5) is 5.69 Å². The van der Waals surface area contributed by atoms with Crippen LogP contribution in [0.1, 0.15) is 38.2 Å². The second-order valence-electron chi connectivity index (χ2n) is 7.25. The summed E-state index contributed by atoms with van der Waals surface area (Å²) in [6.45, 7) is 3.67. The molecule has 3 rings (SSSR count). The Kier molecular flexibility index (Phi) is 5.59. The predicted molar refractivity (Wildman–Crippen MR) is 97.8 cm³/mol. The molecule has 2 saturated heterocycles. The number of piperidine rings is 1. The van der Waals surface area contributed by atoms with Gasteiger partial charge in [-0.2, -0.15) is 0 Å². The van der Waals surface area contributed by atoms with Crippen molar-refractivity contribution in [2.24, 2.45) is 11.8 Å². The van der Waals surface area contributed by atoms with Crippen molar-refractivity contribution < 1.29 is 19.5 Å². The number of likely N-dealkylation sites (tertiary alicyclic amines) is 1. The van der Waals surface area contributed by atoms with Crippen LogP contribution in [0.5, 0.6) is 0 Å². The quantitative estimate of drug-likeness (QED) is 0.876. The number of amides is 2. The molecule has 2 aliphatic rings. The fourth-order valence-electron chi connectivity index (χ4n) is 4.04. The van der Waals surface area contributed by atoms with E-state index in [2.05, 4.69) is 6.92 Å². The first-order valence-corrected chi connectivity index (χ1v) is 9.38. The minimum Gasteiger partial charge on any atom is -0.481 e. The minimum absolute atomic E-state index is 0.00464. The third-order valence-corrected chi connectivity index (χ3v) is 5.53. The molecule has 1 aromatic carbocycles. The van der Waals surface area contributed by atoms with E-state index in [4.69, 9.17) is 5.11 Å². The Labute approximate surface area is 153 Å². The fourth-order valence-corrected chi connectivity index (χ4v) is 4.04. The van der Waals surface area contributed by atoms with Crippen molar-refractivity contribution in [3.05, 3.63) is 29.8 Å². The number of carboxylic acids is 1. The summed E-state index contributed by atoms with van der Waals surface area (Å²) in [6, 6.07) is 7.85. The monoisotopic (exact) mass is 358 g/mol. The zero-order valence-corrected chi connectivity index (χ0v) is 15.2. The highest BCUT2D eigenvalue weighted by molar-refractivity contribution is 6.00. The van der Waals surface area contributed by atoms with Gasteiger partial charge in [-0.3, -0.25) is 14.4 Å². The maximum absolute atomic E-state index is 12.8. The average Bonchev–Trinajstić information content (AvgIpc) is 3.02. The van der Waals surface area contributed by atoms with Gasteiger partial charge in [-0.1, -0.05) is 25.1 Å². The van der Waals surface area contributed by atoms with Gasteiger partial charge in [-0.15, -0.1) is 0 Å². The summed E-state index contributed by atoms with van der Waals surface area (Å²) in [5.74, 6) is -0.895. The Morgan fingerprint density at radius 2 is 1.88 bits per heavy atom. The number of nitrogens with zero attached hydrogens (tertiary/aromatic N) is 2. The Balaban J connectivity index is 1.62. The van der Waals surface area contributed by atoms with Crippen molar-refractivity contribution in [3.8, 4) is 0 Å². The molecule has 0 saturated carbocycles. The van der Waals surface area contributed by atoms with Gasteiger partial charge >= 0.3 is 5.97 Å². The van der Waals surface area contributed by atoms with Crippen LogP contribution in [0.2, 0.25) is 0 Å². The van der Waals surface area contributed by atoms with Crippen LogP contribution in [0, 0.1) is 11.8 Å². The third kappa shape index (κ3) is 3.89. The molecule has 2 heterocycles. The van der Waals surface area contributed by atoms with E-state index in [0.29, 0.717) is 19.6 Å². The van der Waals surface area contributed by atoms with Crippen LogP contribution in [-0.4, -0.2) is 47.4 Å². The topological polar surface area (TPSA) is 77.9 Å². The van der Waals surface area contributed by atoms with E-state index in [1.54, 1.807) is 4.90 Å². The summed E-state index contributed by atoms with van der Waals surface area (Å²) in [4.78, 5) is 39.7. The molecular weight excluding hydrogens is 332 g/mol. The van der Waals surface area contributed by atoms with E-state index < -0.39 is 5.97 Å². The number of hydrogen-bond acceptors (Lipinski definition) is 3. The number of carbonyl (C=O) groups is 3. The first-order chi connectivity index (χ1) is 12.5. The van der Waals surface area contributed by atoms with Crippen molar-refractivity contribution in [2.75, 3.05) is 24.5 Å². The molecule has 2 aliphatic heterocycles. The molecule has 1 aromatic rings. The molecule has 1 atom stereocenters. The van der Waals surface area contributed by atoms with Crippen molar-refractivity contribution in [3.63, 3.8) is 0 Å². The number of rotatable bonds is 5. The van der Waals surface area contributed by atoms with Crippen LogP contribution >= 0.6 is 0 Å². The van der Waals surface area contributed by atoms with Gasteiger partial charge in [0, 0.05) is 38.2 Å². The normalized spacial score (nSPS) is 21.3. The minimum atomic E-state index is -0.776. The molecule has 6 nitrogen and oxygen atoms in total. The van der Waals surface area contributed by atoms with Crippen molar-refractivity contribution in [1.29, 1.82) is 0 Å². The molecule has 6 heteroatoms. The molecular formula is C20H26N2O4. The van der Waals surface area contributed by atoms with Gasteiger partial charge in [0.15, 0.2) is 0 Å². The number of para-hydroxylation sites is 1. The van der Waals surface area contributed by atoms with Crippen LogP contribution in [-0.2, 0) is 20.8 Å². The molecule has 1 N–H and O–H groups in total. The van der Waals surface area contributed by atoms with Gasteiger partial charge in [0.1, 0.15) is 0 Å². The maximum atomic E-state index is 12.8. The highest BCUT2D eigenvalue weighted by Crippen LogP contribution is 2.30. The molecule has 2 amide bonds. The SMILES string of the molecule is CCc1ccccc1N1CC(C(=O)N2CCC(CC(=O)O)CC2)CC1=O. The highest BCUT2D eigenvalue weighted by atomic mass is 16.4. The summed E-state index contributed by atoms with van der Waals surface area (Å²) < 4.78 is 0. The molecule has 2 fully saturated rings. The van der Waals surface area contributed by atoms with E-state index in [9.17, 15) is 14.4 Å². The smallest absolute Gasteiger partial charge is 0.303 e. The zero-order valence-electron chi connectivity index (χ0n) is 15.2. The van der Waals surface area contributed by atoms with Gasteiger partial charge in [0.05, 0.1) is 5.92 Å². The number of carboxylic acid groups (broad SMARTS) is 1. The number of carbonyl (C=O) groups excluding carboxylic acids is 2. The fraction of sp³-hybridized carbons (Fsp3) is 0.550. The second kappa shape index (κ2) is 7.89. The van der Waals surface area contributed by atoms with Crippen LogP contribution in [0.3, 0.4) is 0 Å². The number of benzene rings is 1. The summed E-state index contributed by atoms with van der Waals surface area (Å²) in [5.41, 5.74) is 2.03. The van der Waals surface area contributed by atoms with Crippen molar-refractivity contribution >= 4 is 23.5 Å². The third-order valence-electron chi connectivity index (χ3n) is 5.53. The second-order valence-corrected chi connectivity index (χ2v) is 7.25. The number of anilines is 1. The lowest BCUT2D eigenvalue weighted by atomic mass is 9.92. The Bertz CT molecular complexity index is 695. The Morgan fingerprint density at radius 3 is 2.54 bits per heavy atom. The van der Waals surface area contributed by atoms with E-state index in [1.165, 1.54) is 0 Å². The number of aryl methyl sites for hydroxylation is 1. The first kappa shape index (κ1) is 18.4. The Hall–Kier alpha value is -2.37. The van der Waals surface area contributed by atoms with Gasteiger partial charge in [0.25, 0.3) is 0 Å². The summed E-state index contributed by atoms with van der Waals surface area (Å²) >= 11 is 0. The average molecular weight is 358 g/mol. The molecule has 0 aliphatic carbocycles. The van der Waals surface area contributed by atoms with Gasteiger partial charge < -0.3 is 14.9 Å². The lowest BCUT2D eigenvalue weighted by molar-refractivity contribution is -0.139. The van der Waals surface area contributed by atoms with Gasteiger partial charge in [0.2, 0.25) is 11.8 Å². The van der Waals surface area contributed by atoms with E-state index in [1.807, 2.05) is 29.2 Å². The van der Waals surface area contributed by atoms with Crippen LogP contribution in [0.15, 0.2) is 24.3 Å². The molecule has 0 bridgehead atoms. The van der Waals surface area contributed by atoms with E-state index in [0.717, 1.165) is 30.5 Å². The molecule has 26 heavy (non-hydrogen) atoms. The molecule has 1 unspecified atom stereocenters. The molecule has 0 aromatic heterocycles. The molecule has 140 valence electrons. The lowest BCUT2D eigenvalue weighted by Crippen LogP contribution is -2.42. The maximum Gasteiger partial charge on any atom is 0.303 e. The summed E-state index contributed by atoms with van der Waals surface area (Å²) in [6.07, 6.45) is 2.72. The standard InChI is InChI=1S/C20H26N2O4/c1-2-15-5-3-4-6-17(15)22-13-16(12-18(22)23)20(26)21-9-7-14(8-10-21)11-19(24)25/h3-6,14,16H,2,7-13H2,1H3,(H,24,25). The van der Waals surface area contributed by atoms with E-state index in [-0.39, 0.29) is 36.5 Å².